The van der Waals surface area contributed by atoms with Crippen LogP contribution in [0.2, 0.25) is 0 Å². The summed E-state index contributed by atoms with van der Waals surface area (Å²) in [5, 5.41) is 0. The molecule has 0 amide bonds. The summed E-state index contributed by atoms with van der Waals surface area (Å²) < 4.78 is 12.7. The second-order valence-corrected chi connectivity index (χ2v) is 6.61. The van der Waals surface area contributed by atoms with Crippen LogP contribution in [0.25, 0.3) is 5.65 Å². The second kappa shape index (κ2) is 6.53. The lowest BCUT2D eigenvalue weighted by Gasteiger charge is -2.43. The topological polar surface area (TPSA) is 56.1 Å². The lowest BCUT2D eigenvalue weighted by Crippen LogP contribution is -2.52. The van der Waals surface area contributed by atoms with Crippen LogP contribution in [0, 0.1) is 0 Å². The van der Waals surface area contributed by atoms with E-state index in [2.05, 4.69) is 4.90 Å². The molecule has 0 aromatic carbocycles. The molecule has 2 aliphatic rings. The molecule has 24 heavy (non-hydrogen) atoms. The molecule has 128 valence electrons. The standard InChI is InChI=1S/C18H23N3O3/c1-23-18(22)14-5-4-8-21-12-13(19-17(14)21)11-20-9-10-24-16-7-3-2-6-15(16)20/h4-5,8,12,15-16H,2-3,6-7,9-11H2,1H3/t15-,16-/m0/s1. The average Bonchev–Trinajstić information content (AvgIpc) is 3.03. The smallest absolute Gasteiger partial charge is 0.341 e. The van der Waals surface area contributed by atoms with Gasteiger partial charge in [-0.05, 0) is 25.0 Å². The summed E-state index contributed by atoms with van der Waals surface area (Å²) in [4.78, 5) is 19.1. The van der Waals surface area contributed by atoms with Gasteiger partial charge in [0, 0.05) is 31.5 Å². The fraction of sp³-hybridized carbons (Fsp3) is 0.556. The van der Waals surface area contributed by atoms with Crippen molar-refractivity contribution in [3.05, 3.63) is 35.8 Å². The lowest BCUT2D eigenvalue weighted by atomic mass is 9.90. The zero-order valence-corrected chi connectivity index (χ0v) is 14.0. The van der Waals surface area contributed by atoms with Gasteiger partial charge in [0.1, 0.15) is 5.56 Å². The molecule has 6 nitrogen and oxygen atoms in total. The number of nitrogens with zero attached hydrogens (tertiary/aromatic N) is 3. The van der Waals surface area contributed by atoms with Crippen LogP contribution in [-0.2, 0) is 16.0 Å². The fourth-order valence-electron chi connectivity index (χ4n) is 3.99. The summed E-state index contributed by atoms with van der Waals surface area (Å²) in [7, 11) is 1.40. The number of esters is 1. The zero-order chi connectivity index (χ0) is 16.5. The van der Waals surface area contributed by atoms with Gasteiger partial charge in [-0.15, -0.1) is 0 Å². The number of morpholine rings is 1. The highest BCUT2D eigenvalue weighted by molar-refractivity contribution is 5.95. The van der Waals surface area contributed by atoms with Crippen LogP contribution in [0.1, 0.15) is 41.7 Å². The number of methoxy groups -OCH3 is 1. The van der Waals surface area contributed by atoms with E-state index in [1.54, 1.807) is 6.07 Å². The molecular formula is C18H23N3O3. The van der Waals surface area contributed by atoms with E-state index < -0.39 is 0 Å². The van der Waals surface area contributed by atoms with Gasteiger partial charge >= 0.3 is 5.97 Å². The van der Waals surface area contributed by atoms with Crippen LogP contribution in [0.15, 0.2) is 24.5 Å². The van der Waals surface area contributed by atoms with Crippen LogP contribution in [0.5, 0.6) is 0 Å². The minimum atomic E-state index is -0.350. The largest absolute Gasteiger partial charge is 0.465 e. The molecule has 0 unspecified atom stereocenters. The van der Waals surface area contributed by atoms with Crippen molar-refractivity contribution in [2.45, 2.75) is 44.4 Å². The number of aromatic nitrogens is 2. The number of hydrogen-bond donors (Lipinski definition) is 0. The maximum atomic E-state index is 11.9. The van der Waals surface area contributed by atoms with Crippen LogP contribution in [0.4, 0.5) is 0 Å². The van der Waals surface area contributed by atoms with Crippen molar-refractivity contribution in [1.29, 1.82) is 0 Å². The van der Waals surface area contributed by atoms with E-state index in [1.165, 1.54) is 32.8 Å². The summed E-state index contributed by atoms with van der Waals surface area (Å²) in [6, 6.07) is 4.10. The minimum Gasteiger partial charge on any atom is -0.465 e. The highest BCUT2D eigenvalue weighted by Crippen LogP contribution is 2.29. The molecule has 0 radical (unpaired) electrons. The Balaban J connectivity index is 1.59. The van der Waals surface area contributed by atoms with E-state index in [4.69, 9.17) is 14.5 Å². The first kappa shape index (κ1) is 15.6. The van der Waals surface area contributed by atoms with Gasteiger partial charge in [-0.3, -0.25) is 4.90 Å². The number of ether oxygens (including phenoxy) is 2. The van der Waals surface area contributed by atoms with Gasteiger partial charge < -0.3 is 13.9 Å². The van der Waals surface area contributed by atoms with E-state index in [0.29, 0.717) is 23.4 Å². The third-order valence-electron chi connectivity index (χ3n) is 5.15. The van der Waals surface area contributed by atoms with E-state index in [9.17, 15) is 4.79 Å². The molecule has 2 atom stereocenters. The molecule has 1 saturated carbocycles. The highest BCUT2D eigenvalue weighted by Gasteiger charge is 2.34. The van der Waals surface area contributed by atoms with Crippen LogP contribution in [-0.4, -0.2) is 52.7 Å². The third-order valence-corrected chi connectivity index (χ3v) is 5.15. The second-order valence-electron chi connectivity index (χ2n) is 6.61. The van der Waals surface area contributed by atoms with Crippen molar-refractivity contribution in [2.24, 2.45) is 0 Å². The summed E-state index contributed by atoms with van der Waals surface area (Å²) in [5.74, 6) is -0.350. The van der Waals surface area contributed by atoms with E-state index in [1.807, 2.05) is 22.9 Å². The first-order valence-electron chi connectivity index (χ1n) is 8.67. The van der Waals surface area contributed by atoms with E-state index in [0.717, 1.165) is 25.4 Å². The summed E-state index contributed by atoms with van der Waals surface area (Å²) in [5.41, 5.74) is 2.15. The molecule has 0 bridgehead atoms. The maximum Gasteiger partial charge on any atom is 0.341 e. The number of hydrogen-bond acceptors (Lipinski definition) is 5. The Bertz CT molecular complexity index is 740. The quantitative estimate of drug-likeness (QED) is 0.809. The molecule has 1 aliphatic heterocycles. The zero-order valence-electron chi connectivity index (χ0n) is 14.0. The average molecular weight is 329 g/mol. The normalized spacial score (nSPS) is 24.7. The SMILES string of the molecule is COC(=O)c1cccn2cc(CN3CCO[C@H]4CCCC[C@@H]43)nc12. The highest BCUT2D eigenvalue weighted by atomic mass is 16.5. The Labute approximate surface area is 141 Å². The number of pyridine rings is 1. The number of carbonyl (C=O) groups excluding carboxylic acids is 1. The lowest BCUT2D eigenvalue weighted by molar-refractivity contribution is -0.0914. The fourth-order valence-corrected chi connectivity index (χ4v) is 3.99. The van der Waals surface area contributed by atoms with Gasteiger partial charge in [0.15, 0.2) is 5.65 Å². The van der Waals surface area contributed by atoms with Gasteiger partial charge in [0.05, 0.1) is 25.5 Å². The number of imidazole rings is 1. The number of carbonyl (C=O) groups is 1. The molecule has 3 heterocycles. The van der Waals surface area contributed by atoms with Gasteiger partial charge in [0.2, 0.25) is 0 Å². The molecule has 2 aromatic rings. The Hall–Kier alpha value is -1.92. The van der Waals surface area contributed by atoms with Crippen molar-refractivity contribution in [3.63, 3.8) is 0 Å². The van der Waals surface area contributed by atoms with Gasteiger partial charge in [0.25, 0.3) is 0 Å². The van der Waals surface area contributed by atoms with Crippen molar-refractivity contribution < 1.29 is 14.3 Å². The molecular weight excluding hydrogens is 306 g/mol. The molecule has 0 N–H and O–H groups in total. The summed E-state index contributed by atoms with van der Waals surface area (Å²) >= 11 is 0. The molecule has 2 fully saturated rings. The Kier molecular flexibility index (Phi) is 4.24. The monoisotopic (exact) mass is 329 g/mol. The van der Waals surface area contributed by atoms with Crippen LogP contribution < -0.4 is 0 Å². The molecule has 4 rings (SSSR count). The van der Waals surface area contributed by atoms with Crippen LogP contribution in [0.3, 0.4) is 0 Å². The van der Waals surface area contributed by atoms with Gasteiger partial charge in [-0.2, -0.15) is 0 Å². The predicted octanol–water partition coefficient (Wildman–Crippen LogP) is 2.26. The van der Waals surface area contributed by atoms with Gasteiger partial charge in [-0.1, -0.05) is 12.8 Å². The number of fused-ring (bicyclic) bond motifs is 2. The first-order chi connectivity index (χ1) is 11.8. The Morgan fingerprint density at radius 2 is 2.29 bits per heavy atom. The first-order valence-corrected chi connectivity index (χ1v) is 8.67. The van der Waals surface area contributed by atoms with E-state index >= 15 is 0 Å². The molecule has 0 spiro atoms. The number of rotatable bonds is 3. The molecule has 1 saturated heterocycles. The van der Waals surface area contributed by atoms with Crippen molar-refractivity contribution >= 4 is 11.6 Å². The summed E-state index contributed by atoms with van der Waals surface area (Å²) in [6.07, 6.45) is 9.21. The van der Waals surface area contributed by atoms with Crippen molar-refractivity contribution in [1.82, 2.24) is 14.3 Å². The van der Waals surface area contributed by atoms with Crippen molar-refractivity contribution in [2.75, 3.05) is 20.3 Å². The molecule has 6 heteroatoms. The molecule has 1 aliphatic carbocycles. The maximum absolute atomic E-state index is 11.9. The predicted molar refractivity (Wildman–Crippen MR) is 88.9 cm³/mol. The molecule has 2 aromatic heterocycles. The van der Waals surface area contributed by atoms with Crippen molar-refractivity contribution in [3.8, 4) is 0 Å². The summed E-state index contributed by atoms with van der Waals surface area (Å²) in [6.45, 7) is 2.54. The Morgan fingerprint density at radius 1 is 1.42 bits per heavy atom. The Morgan fingerprint density at radius 3 is 3.17 bits per heavy atom. The van der Waals surface area contributed by atoms with E-state index in [-0.39, 0.29) is 5.97 Å². The van der Waals surface area contributed by atoms with Crippen LogP contribution >= 0.6 is 0 Å². The minimum absolute atomic E-state index is 0.350. The van der Waals surface area contributed by atoms with Gasteiger partial charge in [-0.25, -0.2) is 9.78 Å². The third kappa shape index (κ3) is 2.80.